The van der Waals surface area contributed by atoms with Gasteiger partial charge in [0, 0.05) is 6.61 Å². The van der Waals surface area contributed by atoms with Crippen LogP contribution in [0.5, 0.6) is 0 Å². The van der Waals surface area contributed by atoms with Crippen LogP contribution in [0.4, 0.5) is 0 Å². The minimum atomic E-state index is -3.90. The second-order valence-corrected chi connectivity index (χ2v) is 9.79. The van der Waals surface area contributed by atoms with Crippen molar-refractivity contribution in [2.45, 2.75) is 134 Å². The highest BCUT2D eigenvalue weighted by atomic mass is 32.2. The minimum Gasteiger partial charge on any atom is -0.396 e. The average Bonchev–Trinajstić information content (AvgIpc) is 2.62. The smallest absolute Gasteiger partial charge is 0.267 e. The Hall–Kier alpha value is -0.130. The lowest BCUT2D eigenvalue weighted by atomic mass is 10.0. The van der Waals surface area contributed by atoms with Crippen LogP contribution in [-0.2, 0) is 10.1 Å². The van der Waals surface area contributed by atoms with Gasteiger partial charge < -0.3 is 5.11 Å². The number of hydrogen-bond acceptors (Lipinski definition) is 3. The molecule has 0 amide bonds. The SMILES string of the molecule is CCCCCCCCCC(CCCCCCCCCCCCO)S(=O)(=O)O. The van der Waals surface area contributed by atoms with Crippen LogP contribution in [0, 0.1) is 0 Å². The number of hydrogen-bond donors (Lipinski definition) is 2. The topological polar surface area (TPSA) is 74.6 Å². The lowest BCUT2D eigenvalue weighted by Gasteiger charge is -2.13. The van der Waals surface area contributed by atoms with Gasteiger partial charge in [-0.1, -0.05) is 110 Å². The standard InChI is InChI=1S/C22H46O4S/c1-2-3-4-5-10-13-16-19-22(27(24,25)26)20-17-14-11-8-6-7-9-12-15-18-21-23/h22-23H,2-21H2,1H3,(H,24,25,26). The fraction of sp³-hybridized carbons (Fsp3) is 1.00. The van der Waals surface area contributed by atoms with Crippen molar-refractivity contribution >= 4 is 10.1 Å². The molecule has 0 aliphatic carbocycles. The van der Waals surface area contributed by atoms with Gasteiger partial charge in [0.1, 0.15) is 0 Å². The minimum absolute atomic E-state index is 0.309. The summed E-state index contributed by atoms with van der Waals surface area (Å²) in [6.45, 7) is 2.52. The van der Waals surface area contributed by atoms with E-state index < -0.39 is 15.4 Å². The molecule has 0 aliphatic heterocycles. The van der Waals surface area contributed by atoms with Crippen molar-refractivity contribution < 1.29 is 18.1 Å². The van der Waals surface area contributed by atoms with Gasteiger partial charge in [-0.15, -0.1) is 0 Å². The normalized spacial score (nSPS) is 13.1. The molecule has 0 aliphatic rings. The number of rotatable bonds is 21. The molecule has 0 saturated carbocycles. The monoisotopic (exact) mass is 406 g/mol. The third-order valence-corrected chi connectivity index (χ3v) is 6.80. The van der Waals surface area contributed by atoms with Gasteiger partial charge in [-0.2, -0.15) is 8.42 Å². The molecule has 0 aromatic carbocycles. The third kappa shape index (κ3) is 19.0. The van der Waals surface area contributed by atoms with Crippen molar-refractivity contribution in [1.82, 2.24) is 0 Å². The number of aliphatic hydroxyl groups is 1. The third-order valence-electron chi connectivity index (χ3n) is 5.49. The van der Waals surface area contributed by atoms with Gasteiger partial charge in [-0.25, -0.2) is 0 Å². The maximum Gasteiger partial charge on any atom is 0.267 e. The van der Waals surface area contributed by atoms with Crippen molar-refractivity contribution in [2.24, 2.45) is 0 Å². The van der Waals surface area contributed by atoms with Crippen LogP contribution in [0.2, 0.25) is 0 Å². The summed E-state index contributed by atoms with van der Waals surface area (Å²) in [5.41, 5.74) is 0. The van der Waals surface area contributed by atoms with E-state index in [1.165, 1.54) is 64.2 Å². The van der Waals surface area contributed by atoms with E-state index >= 15 is 0 Å². The molecule has 0 heterocycles. The maximum atomic E-state index is 11.6. The highest BCUT2D eigenvalue weighted by Gasteiger charge is 2.21. The molecule has 0 aromatic heterocycles. The van der Waals surface area contributed by atoms with Crippen molar-refractivity contribution in [3.8, 4) is 0 Å². The molecule has 0 saturated heterocycles. The van der Waals surface area contributed by atoms with Gasteiger partial charge in [0.05, 0.1) is 5.25 Å². The van der Waals surface area contributed by atoms with E-state index in [1.807, 2.05) is 0 Å². The van der Waals surface area contributed by atoms with Gasteiger partial charge >= 0.3 is 0 Å². The van der Waals surface area contributed by atoms with E-state index in [-0.39, 0.29) is 0 Å². The van der Waals surface area contributed by atoms with Crippen LogP contribution in [-0.4, -0.2) is 29.9 Å². The fourth-order valence-electron chi connectivity index (χ4n) is 3.67. The predicted molar refractivity (Wildman–Crippen MR) is 116 cm³/mol. The van der Waals surface area contributed by atoms with Gasteiger partial charge in [-0.3, -0.25) is 4.55 Å². The Morgan fingerprint density at radius 2 is 0.926 bits per heavy atom. The first-order valence-electron chi connectivity index (χ1n) is 11.6. The van der Waals surface area contributed by atoms with Gasteiger partial charge in [0.15, 0.2) is 0 Å². The zero-order chi connectivity index (χ0) is 20.2. The van der Waals surface area contributed by atoms with Crippen LogP contribution in [0.1, 0.15) is 129 Å². The molecular weight excluding hydrogens is 360 g/mol. The van der Waals surface area contributed by atoms with Crippen LogP contribution >= 0.6 is 0 Å². The molecule has 5 heteroatoms. The summed E-state index contributed by atoms with van der Waals surface area (Å²) in [5.74, 6) is 0. The molecule has 0 fully saturated rings. The Morgan fingerprint density at radius 1 is 0.593 bits per heavy atom. The molecular formula is C22H46O4S. The van der Waals surface area contributed by atoms with Crippen molar-refractivity contribution in [1.29, 1.82) is 0 Å². The van der Waals surface area contributed by atoms with Gasteiger partial charge in [0.25, 0.3) is 10.1 Å². The first-order valence-corrected chi connectivity index (χ1v) is 13.1. The molecule has 1 unspecified atom stereocenters. The zero-order valence-electron chi connectivity index (χ0n) is 17.8. The van der Waals surface area contributed by atoms with Gasteiger partial charge in [0.2, 0.25) is 0 Å². The quantitative estimate of drug-likeness (QED) is 0.165. The Bertz CT molecular complexity index is 395. The highest BCUT2D eigenvalue weighted by Crippen LogP contribution is 2.19. The summed E-state index contributed by atoms with van der Waals surface area (Å²) in [4.78, 5) is 0. The lowest BCUT2D eigenvalue weighted by Crippen LogP contribution is -2.20. The van der Waals surface area contributed by atoms with Crippen LogP contribution in [0.15, 0.2) is 0 Å². The molecule has 0 spiro atoms. The summed E-state index contributed by atoms with van der Waals surface area (Å²) in [5, 5.41) is 8.17. The van der Waals surface area contributed by atoms with E-state index in [0.717, 1.165) is 44.9 Å². The molecule has 0 radical (unpaired) electrons. The average molecular weight is 407 g/mol. The summed E-state index contributed by atoms with van der Waals surface area (Å²) in [6, 6.07) is 0. The largest absolute Gasteiger partial charge is 0.396 e. The molecule has 27 heavy (non-hydrogen) atoms. The van der Waals surface area contributed by atoms with Crippen LogP contribution < -0.4 is 0 Å². The Balaban J connectivity index is 3.64. The lowest BCUT2D eigenvalue weighted by molar-refractivity contribution is 0.282. The summed E-state index contributed by atoms with van der Waals surface area (Å²) in [7, 11) is -3.90. The molecule has 164 valence electrons. The number of aliphatic hydroxyl groups excluding tert-OH is 1. The van der Waals surface area contributed by atoms with Crippen molar-refractivity contribution in [2.75, 3.05) is 6.61 Å². The Labute approximate surface area is 169 Å². The molecule has 0 rings (SSSR count). The second-order valence-electron chi connectivity index (χ2n) is 8.09. The van der Waals surface area contributed by atoms with Crippen LogP contribution in [0.3, 0.4) is 0 Å². The number of unbranched alkanes of at least 4 members (excludes halogenated alkanes) is 15. The van der Waals surface area contributed by atoms with E-state index in [1.54, 1.807) is 0 Å². The van der Waals surface area contributed by atoms with E-state index in [2.05, 4.69) is 6.92 Å². The van der Waals surface area contributed by atoms with Crippen molar-refractivity contribution in [3.63, 3.8) is 0 Å². The molecule has 0 bridgehead atoms. The van der Waals surface area contributed by atoms with Crippen molar-refractivity contribution in [3.05, 3.63) is 0 Å². The predicted octanol–water partition coefficient (Wildman–Crippen LogP) is 6.67. The first kappa shape index (κ1) is 26.9. The maximum absolute atomic E-state index is 11.6. The van der Waals surface area contributed by atoms with Crippen LogP contribution in [0.25, 0.3) is 0 Å². The zero-order valence-corrected chi connectivity index (χ0v) is 18.7. The summed E-state index contributed by atoms with van der Waals surface area (Å²) in [6.07, 6.45) is 20.8. The van der Waals surface area contributed by atoms with E-state index in [9.17, 15) is 13.0 Å². The Morgan fingerprint density at radius 3 is 1.26 bits per heavy atom. The van der Waals surface area contributed by atoms with E-state index in [0.29, 0.717) is 19.4 Å². The van der Waals surface area contributed by atoms with Gasteiger partial charge in [-0.05, 0) is 19.3 Å². The molecule has 4 nitrogen and oxygen atoms in total. The first-order chi connectivity index (χ1) is 13.0. The summed E-state index contributed by atoms with van der Waals surface area (Å²) >= 11 is 0. The summed E-state index contributed by atoms with van der Waals surface area (Å²) < 4.78 is 32.6. The highest BCUT2D eigenvalue weighted by molar-refractivity contribution is 7.86. The van der Waals surface area contributed by atoms with E-state index in [4.69, 9.17) is 5.11 Å². The molecule has 2 N–H and O–H groups in total. The molecule has 1 atom stereocenters. The molecule has 0 aromatic rings. The Kier molecular flexibility index (Phi) is 19.1. The fourth-order valence-corrected chi connectivity index (χ4v) is 4.60. The second kappa shape index (κ2) is 19.2.